The average Bonchev–Trinajstić information content (AvgIpc) is 2.69. The van der Waals surface area contributed by atoms with E-state index in [-0.39, 0.29) is 17.8 Å². The van der Waals surface area contributed by atoms with Crippen LogP contribution in [0.4, 0.5) is 0 Å². The van der Waals surface area contributed by atoms with Gasteiger partial charge in [0.15, 0.2) is 0 Å². The average molecular weight is 376 g/mol. The number of ketones is 1. The van der Waals surface area contributed by atoms with Crippen molar-refractivity contribution in [3.05, 3.63) is 83.4 Å². The lowest BCUT2D eigenvalue weighted by atomic mass is 9.90. The van der Waals surface area contributed by atoms with E-state index in [0.29, 0.717) is 19.6 Å². The van der Waals surface area contributed by atoms with Gasteiger partial charge in [-0.2, -0.15) is 0 Å². The minimum absolute atomic E-state index is 0.161. The summed E-state index contributed by atoms with van der Waals surface area (Å²) in [5, 5.41) is 2.34. The Hall–Kier alpha value is -2.49. The summed E-state index contributed by atoms with van der Waals surface area (Å²) < 4.78 is 5.61. The SMILES string of the molecule is CC(C)OCCc1ccc([C@@H](CN)C(=O)Cc2ccc3ccccc3c2)cc1. The van der Waals surface area contributed by atoms with Gasteiger partial charge >= 0.3 is 0 Å². The van der Waals surface area contributed by atoms with Crippen LogP contribution in [0.25, 0.3) is 10.8 Å². The van der Waals surface area contributed by atoms with E-state index in [9.17, 15) is 4.79 Å². The van der Waals surface area contributed by atoms with Crippen LogP contribution in [0.2, 0.25) is 0 Å². The zero-order valence-corrected chi connectivity index (χ0v) is 16.7. The van der Waals surface area contributed by atoms with Gasteiger partial charge in [-0.25, -0.2) is 0 Å². The van der Waals surface area contributed by atoms with Crippen LogP contribution in [0, 0.1) is 0 Å². The van der Waals surface area contributed by atoms with Gasteiger partial charge in [0.05, 0.1) is 18.6 Å². The number of Topliss-reactive ketones (excluding diaryl/α,β-unsaturated/α-hetero) is 1. The second kappa shape index (κ2) is 9.63. The number of ether oxygens (including phenoxy) is 1. The molecule has 3 heteroatoms. The van der Waals surface area contributed by atoms with Crippen molar-refractivity contribution in [2.75, 3.05) is 13.2 Å². The van der Waals surface area contributed by atoms with Gasteiger partial charge in [-0.1, -0.05) is 66.7 Å². The van der Waals surface area contributed by atoms with Crippen molar-refractivity contribution in [3.8, 4) is 0 Å². The molecular weight excluding hydrogens is 346 g/mol. The zero-order valence-electron chi connectivity index (χ0n) is 16.7. The lowest BCUT2D eigenvalue weighted by molar-refractivity contribution is -0.119. The molecule has 0 saturated carbocycles. The molecule has 0 fully saturated rings. The predicted octanol–water partition coefficient (Wildman–Crippen LogP) is 4.66. The minimum atomic E-state index is -0.271. The van der Waals surface area contributed by atoms with E-state index in [1.54, 1.807) is 0 Å². The number of benzene rings is 3. The molecular formula is C25H29NO2. The Morgan fingerprint density at radius 3 is 2.29 bits per heavy atom. The number of hydrogen-bond acceptors (Lipinski definition) is 3. The maximum atomic E-state index is 12.9. The molecule has 0 amide bonds. The molecule has 0 unspecified atom stereocenters. The zero-order chi connectivity index (χ0) is 19.9. The van der Waals surface area contributed by atoms with E-state index < -0.39 is 0 Å². The van der Waals surface area contributed by atoms with Crippen LogP contribution in [0.1, 0.15) is 36.5 Å². The van der Waals surface area contributed by atoms with Crippen molar-refractivity contribution in [1.29, 1.82) is 0 Å². The Bertz CT molecular complexity index is 915. The minimum Gasteiger partial charge on any atom is -0.378 e. The molecule has 0 saturated heterocycles. The number of fused-ring (bicyclic) bond motifs is 1. The van der Waals surface area contributed by atoms with E-state index >= 15 is 0 Å². The molecule has 0 aromatic heterocycles. The smallest absolute Gasteiger partial charge is 0.145 e. The van der Waals surface area contributed by atoms with Gasteiger partial charge in [0.25, 0.3) is 0 Å². The Kier molecular flexibility index (Phi) is 6.96. The van der Waals surface area contributed by atoms with Crippen LogP contribution in [0.3, 0.4) is 0 Å². The van der Waals surface area contributed by atoms with E-state index in [1.165, 1.54) is 10.9 Å². The number of carbonyl (C=O) groups excluding carboxylic acids is 1. The summed E-state index contributed by atoms with van der Waals surface area (Å²) in [4.78, 5) is 12.9. The molecule has 0 bridgehead atoms. The van der Waals surface area contributed by atoms with Crippen LogP contribution in [-0.2, 0) is 22.4 Å². The fourth-order valence-electron chi connectivity index (χ4n) is 3.46. The molecule has 3 rings (SSSR count). The Morgan fingerprint density at radius 2 is 1.61 bits per heavy atom. The van der Waals surface area contributed by atoms with Crippen molar-refractivity contribution < 1.29 is 9.53 Å². The number of carbonyl (C=O) groups is 1. The molecule has 0 aliphatic rings. The Morgan fingerprint density at radius 1 is 0.929 bits per heavy atom. The highest BCUT2D eigenvalue weighted by atomic mass is 16.5. The molecule has 3 nitrogen and oxygen atoms in total. The van der Waals surface area contributed by atoms with Crippen LogP contribution >= 0.6 is 0 Å². The molecule has 2 N–H and O–H groups in total. The molecule has 0 radical (unpaired) electrons. The van der Waals surface area contributed by atoms with E-state index in [4.69, 9.17) is 10.5 Å². The highest BCUT2D eigenvalue weighted by molar-refractivity contribution is 5.90. The monoisotopic (exact) mass is 375 g/mol. The number of rotatable bonds is 9. The summed E-state index contributed by atoms with van der Waals surface area (Å²) in [6.45, 7) is 5.10. The second-order valence-electron chi connectivity index (χ2n) is 7.52. The first-order valence-corrected chi connectivity index (χ1v) is 9.97. The third kappa shape index (κ3) is 5.28. The molecule has 0 spiro atoms. The summed E-state index contributed by atoms with van der Waals surface area (Å²) in [6.07, 6.45) is 1.52. The predicted molar refractivity (Wildman–Crippen MR) is 116 cm³/mol. The van der Waals surface area contributed by atoms with Gasteiger partial charge < -0.3 is 10.5 Å². The van der Waals surface area contributed by atoms with E-state index in [2.05, 4.69) is 36.4 Å². The van der Waals surface area contributed by atoms with Gasteiger partial charge in [0.2, 0.25) is 0 Å². The normalized spacial score (nSPS) is 12.4. The van der Waals surface area contributed by atoms with Gasteiger partial charge in [0, 0.05) is 13.0 Å². The van der Waals surface area contributed by atoms with E-state index in [1.807, 2.05) is 44.2 Å². The van der Waals surface area contributed by atoms with Crippen LogP contribution in [-0.4, -0.2) is 25.0 Å². The van der Waals surface area contributed by atoms with Gasteiger partial charge in [-0.05, 0) is 47.7 Å². The highest BCUT2D eigenvalue weighted by Gasteiger charge is 2.19. The Balaban J connectivity index is 1.66. The van der Waals surface area contributed by atoms with Crippen molar-refractivity contribution in [2.45, 2.75) is 38.7 Å². The molecule has 0 aliphatic carbocycles. The van der Waals surface area contributed by atoms with Crippen molar-refractivity contribution >= 4 is 16.6 Å². The van der Waals surface area contributed by atoms with Crippen LogP contribution in [0.5, 0.6) is 0 Å². The summed E-state index contributed by atoms with van der Waals surface area (Å²) in [5.41, 5.74) is 9.19. The van der Waals surface area contributed by atoms with Gasteiger partial charge in [-0.15, -0.1) is 0 Å². The van der Waals surface area contributed by atoms with Crippen LogP contribution in [0.15, 0.2) is 66.7 Å². The molecule has 3 aromatic rings. The second-order valence-corrected chi connectivity index (χ2v) is 7.52. The fraction of sp³-hybridized carbons (Fsp3) is 0.320. The number of nitrogens with two attached hydrogens (primary N) is 1. The topological polar surface area (TPSA) is 52.3 Å². The lowest BCUT2D eigenvalue weighted by Gasteiger charge is -2.15. The van der Waals surface area contributed by atoms with Crippen molar-refractivity contribution in [2.24, 2.45) is 5.73 Å². The number of hydrogen-bond donors (Lipinski definition) is 1. The van der Waals surface area contributed by atoms with Gasteiger partial charge in [-0.3, -0.25) is 4.79 Å². The largest absolute Gasteiger partial charge is 0.378 e. The standard InChI is InChI=1S/C25H29NO2/c1-18(2)28-14-13-19-7-11-22(12-8-19)24(17-26)25(27)16-20-9-10-21-5-3-4-6-23(21)15-20/h3-12,15,18,24H,13-14,16-17,26H2,1-2H3/t24-/m1/s1. The lowest BCUT2D eigenvalue weighted by Crippen LogP contribution is -2.23. The molecule has 1 atom stereocenters. The van der Waals surface area contributed by atoms with Crippen molar-refractivity contribution in [1.82, 2.24) is 0 Å². The highest BCUT2D eigenvalue weighted by Crippen LogP contribution is 2.21. The maximum Gasteiger partial charge on any atom is 0.145 e. The first kappa shape index (κ1) is 20.2. The van der Waals surface area contributed by atoms with Crippen LogP contribution < -0.4 is 5.73 Å². The third-order valence-corrected chi connectivity index (χ3v) is 5.04. The van der Waals surface area contributed by atoms with Crippen molar-refractivity contribution in [3.63, 3.8) is 0 Å². The first-order chi connectivity index (χ1) is 13.6. The molecule has 28 heavy (non-hydrogen) atoms. The summed E-state index contributed by atoms with van der Waals surface area (Å²) in [5.74, 6) is -0.110. The summed E-state index contributed by atoms with van der Waals surface area (Å²) in [7, 11) is 0. The Labute approximate surface area is 167 Å². The quantitative estimate of drug-likeness (QED) is 0.592. The van der Waals surface area contributed by atoms with Gasteiger partial charge in [0.1, 0.15) is 5.78 Å². The molecule has 3 aromatic carbocycles. The molecule has 146 valence electrons. The third-order valence-electron chi connectivity index (χ3n) is 5.04. The first-order valence-electron chi connectivity index (χ1n) is 9.97. The molecule has 0 aliphatic heterocycles. The van der Waals surface area contributed by atoms with E-state index in [0.717, 1.165) is 22.9 Å². The summed E-state index contributed by atoms with van der Waals surface area (Å²) >= 11 is 0. The summed E-state index contributed by atoms with van der Waals surface area (Å²) in [6, 6.07) is 22.6. The molecule has 0 heterocycles. The maximum absolute atomic E-state index is 12.9. The fourth-order valence-corrected chi connectivity index (χ4v) is 3.46.